The lowest BCUT2D eigenvalue weighted by atomic mass is 10.3. The minimum absolute atomic E-state index is 0.575. The Labute approximate surface area is 106 Å². The first-order chi connectivity index (χ1) is 8.29. The number of hydrogen-bond donors (Lipinski definition) is 0. The second kappa shape index (κ2) is 5.60. The highest BCUT2D eigenvalue weighted by Gasteiger charge is 2.06. The fraction of sp³-hybridized carbons (Fsp3) is 0.143. The van der Waals surface area contributed by atoms with Crippen LogP contribution in [0.25, 0.3) is 0 Å². The predicted molar refractivity (Wildman–Crippen MR) is 69.1 cm³/mol. The van der Waals surface area contributed by atoms with Gasteiger partial charge in [0.15, 0.2) is 11.5 Å². The maximum atomic E-state index is 5.92. The third-order valence-corrected chi connectivity index (χ3v) is 2.41. The highest BCUT2D eigenvalue weighted by molar-refractivity contribution is 6.30. The number of hydrogen-bond acceptors (Lipinski definition) is 2. The molecular formula is C14H13ClO2. The Bertz CT molecular complexity index is 483. The molecule has 0 aliphatic carbocycles. The topological polar surface area (TPSA) is 18.5 Å². The smallest absolute Gasteiger partial charge is 0.169 e. The first-order valence-electron chi connectivity index (χ1n) is 5.45. The van der Waals surface area contributed by atoms with E-state index >= 15 is 0 Å². The predicted octanol–water partition coefficient (Wildman–Crippen LogP) is 4.53. The Hall–Kier alpha value is -1.67. The molecule has 0 aliphatic rings. The molecule has 0 amide bonds. The lowest BCUT2D eigenvalue weighted by Crippen LogP contribution is -1.94. The van der Waals surface area contributed by atoms with Gasteiger partial charge in [0.25, 0.3) is 0 Å². The van der Waals surface area contributed by atoms with Crippen LogP contribution in [0.3, 0.4) is 0 Å². The van der Waals surface area contributed by atoms with E-state index in [2.05, 4.69) is 0 Å². The van der Waals surface area contributed by atoms with Crippen molar-refractivity contribution in [1.82, 2.24) is 0 Å². The molecule has 0 unspecified atom stereocenters. The molecule has 0 atom stereocenters. The first kappa shape index (κ1) is 11.8. The average Bonchev–Trinajstić information content (AvgIpc) is 2.34. The van der Waals surface area contributed by atoms with E-state index in [1.54, 1.807) is 18.2 Å². The molecule has 2 rings (SSSR count). The van der Waals surface area contributed by atoms with Gasteiger partial charge in [0.05, 0.1) is 6.61 Å². The van der Waals surface area contributed by atoms with Crippen molar-refractivity contribution in [1.29, 1.82) is 0 Å². The zero-order chi connectivity index (χ0) is 12.1. The van der Waals surface area contributed by atoms with Crippen LogP contribution >= 0.6 is 11.6 Å². The molecule has 2 aromatic rings. The lowest BCUT2D eigenvalue weighted by molar-refractivity contribution is 0.321. The summed E-state index contributed by atoms with van der Waals surface area (Å²) in [4.78, 5) is 0. The number of halogens is 1. The summed E-state index contributed by atoms with van der Waals surface area (Å²) >= 11 is 5.92. The van der Waals surface area contributed by atoms with Gasteiger partial charge in [-0.3, -0.25) is 0 Å². The van der Waals surface area contributed by atoms with E-state index in [0.29, 0.717) is 23.1 Å². The fourth-order valence-electron chi connectivity index (χ4n) is 1.45. The van der Waals surface area contributed by atoms with Crippen molar-refractivity contribution in [3.8, 4) is 17.2 Å². The van der Waals surface area contributed by atoms with E-state index in [0.717, 1.165) is 5.75 Å². The molecule has 0 saturated carbocycles. The maximum absolute atomic E-state index is 5.92. The molecule has 0 heterocycles. The molecule has 2 nitrogen and oxygen atoms in total. The SMILES string of the molecule is CCOc1cc(Cl)ccc1Oc1ccccc1. The Kier molecular flexibility index (Phi) is 3.89. The van der Waals surface area contributed by atoms with Gasteiger partial charge in [-0.2, -0.15) is 0 Å². The van der Waals surface area contributed by atoms with E-state index in [-0.39, 0.29) is 0 Å². The summed E-state index contributed by atoms with van der Waals surface area (Å²) in [5, 5.41) is 0.633. The van der Waals surface area contributed by atoms with Gasteiger partial charge in [0.1, 0.15) is 5.75 Å². The molecule has 0 spiro atoms. The van der Waals surface area contributed by atoms with E-state index < -0.39 is 0 Å². The summed E-state index contributed by atoms with van der Waals surface area (Å²) < 4.78 is 11.2. The third kappa shape index (κ3) is 3.14. The quantitative estimate of drug-likeness (QED) is 0.791. The fourth-order valence-corrected chi connectivity index (χ4v) is 1.61. The molecule has 0 aromatic heterocycles. The van der Waals surface area contributed by atoms with Crippen LogP contribution in [0.1, 0.15) is 6.92 Å². The van der Waals surface area contributed by atoms with Crippen LogP contribution in [-0.4, -0.2) is 6.61 Å². The van der Waals surface area contributed by atoms with Crippen molar-refractivity contribution in [2.45, 2.75) is 6.92 Å². The van der Waals surface area contributed by atoms with Crippen molar-refractivity contribution in [3.63, 3.8) is 0 Å². The standard InChI is InChI=1S/C14H13ClO2/c1-2-16-14-10-11(15)8-9-13(14)17-12-6-4-3-5-7-12/h3-10H,2H2,1H3. The highest BCUT2D eigenvalue weighted by Crippen LogP contribution is 2.33. The van der Waals surface area contributed by atoms with Crippen LogP contribution in [0.15, 0.2) is 48.5 Å². The molecule has 0 radical (unpaired) electrons. The van der Waals surface area contributed by atoms with Gasteiger partial charge >= 0.3 is 0 Å². The van der Waals surface area contributed by atoms with Crippen LogP contribution in [0, 0.1) is 0 Å². The van der Waals surface area contributed by atoms with Crippen LogP contribution in [0.4, 0.5) is 0 Å². The summed E-state index contributed by atoms with van der Waals surface area (Å²) in [6.07, 6.45) is 0. The molecule has 88 valence electrons. The highest BCUT2D eigenvalue weighted by atomic mass is 35.5. The third-order valence-electron chi connectivity index (χ3n) is 2.18. The van der Waals surface area contributed by atoms with Crippen molar-refractivity contribution in [2.75, 3.05) is 6.61 Å². The van der Waals surface area contributed by atoms with Crippen LogP contribution in [0.2, 0.25) is 5.02 Å². The molecule has 17 heavy (non-hydrogen) atoms. The minimum atomic E-state index is 0.575. The zero-order valence-corrected chi connectivity index (χ0v) is 10.3. The molecule has 0 N–H and O–H groups in total. The molecule has 0 bridgehead atoms. The minimum Gasteiger partial charge on any atom is -0.490 e. The van der Waals surface area contributed by atoms with Crippen LogP contribution in [-0.2, 0) is 0 Å². The Morgan fingerprint density at radius 2 is 1.76 bits per heavy atom. The molecule has 0 fully saturated rings. The van der Waals surface area contributed by atoms with E-state index in [1.807, 2.05) is 37.3 Å². The number of para-hydroxylation sites is 1. The largest absolute Gasteiger partial charge is 0.490 e. The van der Waals surface area contributed by atoms with Crippen molar-refractivity contribution in [2.24, 2.45) is 0 Å². The maximum Gasteiger partial charge on any atom is 0.169 e. The van der Waals surface area contributed by atoms with E-state index in [4.69, 9.17) is 21.1 Å². The van der Waals surface area contributed by atoms with Gasteiger partial charge in [-0.15, -0.1) is 0 Å². The Morgan fingerprint density at radius 1 is 1.00 bits per heavy atom. The summed E-state index contributed by atoms with van der Waals surface area (Å²) in [6.45, 7) is 2.50. The van der Waals surface area contributed by atoms with Gasteiger partial charge in [-0.05, 0) is 31.2 Å². The van der Waals surface area contributed by atoms with Crippen molar-refractivity contribution >= 4 is 11.6 Å². The Balaban J connectivity index is 2.26. The number of rotatable bonds is 4. The summed E-state index contributed by atoms with van der Waals surface area (Å²) in [5.74, 6) is 2.10. The van der Waals surface area contributed by atoms with Crippen molar-refractivity contribution < 1.29 is 9.47 Å². The zero-order valence-electron chi connectivity index (χ0n) is 9.52. The lowest BCUT2D eigenvalue weighted by Gasteiger charge is -2.11. The van der Waals surface area contributed by atoms with Crippen LogP contribution in [0.5, 0.6) is 17.2 Å². The molecule has 3 heteroatoms. The van der Waals surface area contributed by atoms with Gasteiger partial charge < -0.3 is 9.47 Å². The Morgan fingerprint density at radius 3 is 2.47 bits per heavy atom. The molecular weight excluding hydrogens is 236 g/mol. The summed E-state index contributed by atoms with van der Waals surface area (Å²) in [6, 6.07) is 14.9. The monoisotopic (exact) mass is 248 g/mol. The van der Waals surface area contributed by atoms with Gasteiger partial charge in [0, 0.05) is 11.1 Å². The second-order valence-electron chi connectivity index (χ2n) is 3.44. The first-order valence-corrected chi connectivity index (χ1v) is 5.82. The normalized spacial score (nSPS) is 10.0. The van der Waals surface area contributed by atoms with Crippen molar-refractivity contribution in [3.05, 3.63) is 53.6 Å². The summed E-state index contributed by atoms with van der Waals surface area (Å²) in [5.41, 5.74) is 0. The average molecular weight is 249 g/mol. The van der Waals surface area contributed by atoms with Gasteiger partial charge in [-0.1, -0.05) is 29.8 Å². The molecule has 0 saturated heterocycles. The second-order valence-corrected chi connectivity index (χ2v) is 3.88. The van der Waals surface area contributed by atoms with E-state index in [1.165, 1.54) is 0 Å². The van der Waals surface area contributed by atoms with Gasteiger partial charge in [0.2, 0.25) is 0 Å². The molecule has 0 aliphatic heterocycles. The summed E-state index contributed by atoms with van der Waals surface area (Å²) in [7, 11) is 0. The van der Waals surface area contributed by atoms with Gasteiger partial charge in [-0.25, -0.2) is 0 Å². The molecule has 2 aromatic carbocycles. The number of ether oxygens (including phenoxy) is 2. The number of benzene rings is 2. The van der Waals surface area contributed by atoms with Crippen LogP contribution < -0.4 is 9.47 Å². The van der Waals surface area contributed by atoms with E-state index in [9.17, 15) is 0 Å².